The number of nitrogens with one attached hydrogen (secondary N) is 2. The van der Waals surface area contributed by atoms with Crippen LogP contribution in [0.4, 0.5) is 4.79 Å². The van der Waals surface area contributed by atoms with Gasteiger partial charge in [-0.15, -0.1) is 0 Å². The van der Waals surface area contributed by atoms with E-state index in [1.807, 2.05) is 13.8 Å². The van der Waals surface area contributed by atoms with Crippen molar-refractivity contribution in [3.63, 3.8) is 0 Å². The number of aromatic hydroxyl groups is 2. The Labute approximate surface area is 225 Å². The van der Waals surface area contributed by atoms with Crippen LogP contribution in [-0.4, -0.2) is 56.7 Å². The molecule has 0 aliphatic rings. The summed E-state index contributed by atoms with van der Waals surface area (Å²) in [7, 11) is 0. The number of carbonyl (C=O) groups excluding carboxylic acids is 3. The summed E-state index contributed by atoms with van der Waals surface area (Å²) < 4.78 is 5.42. The van der Waals surface area contributed by atoms with Crippen molar-refractivity contribution in [3.05, 3.63) is 59.2 Å². The largest absolute Gasteiger partial charge is 0.508 e. The second-order valence-electron chi connectivity index (χ2n) is 11.0. The molecule has 0 saturated carbocycles. The van der Waals surface area contributed by atoms with Crippen molar-refractivity contribution in [3.8, 4) is 11.5 Å². The molecule has 3 amide bonds. The van der Waals surface area contributed by atoms with Crippen LogP contribution in [0.2, 0.25) is 0 Å². The standard InChI is InChI=1S/C29H41N3O6/c1-17(2)30-26(35)24(22-11-9-10-19(5)25(22)34)32(18(3)4)27(36)23(31-28(37)38-29(6,7)8)16-20-12-14-21(33)15-13-20/h9-15,17-18,23-24,33-34H,16H2,1-8H3,(H,30,35)(H,31,37). The molecule has 0 fully saturated rings. The second kappa shape index (κ2) is 12.7. The van der Waals surface area contributed by atoms with Crippen LogP contribution in [0.3, 0.4) is 0 Å². The first-order valence-corrected chi connectivity index (χ1v) is 12.8. The van der Waals surface area contributed by atoms with Crippen molar-refractivity contribution in [2.45, 2.75) is 91.6 Å². The average molecular weight is 528 g/mol. The summed E-state index contributed by atoms with van der Waals surface area (Å²) in [5, 5.41) is 26.1. The van der Waals surface area contributed by atoms with Crippen LogP contribution in [0.25, 0.3) is 0 Å². The molecule has 0 heterocycles. The van der Waals surface area contributed by atoms with Crippen LogP contribution >= 0.6 is 0 Å². The van der Waals surface area contributed by atoms with Gasteiger partial charge in [-0.1, -0.05) is 30.3 Å². The number of benzene rings is 2. The van der Waals surface area contributed by atoms with Crippen molar-refractivity contribution in [1.82, 2.24) is 15.5 Å². The van der Waals surface area contributed by atoms with Crippen molar-refractivity contribution in [2.75, 3.05) is 0 Å². The van der Waals surface area contributed by atoms with Gasteiger partial charge in [0.2, 0.25) is 11.8 Å². The lowest BCUT2D eigenvalue weighted by molar-refractivity contribution is -0.144. The highest BCUT2D eigenvalue weighted by Gasteiger charge is 2.39. The first-order chi connectivity index (χ1) is 17.6. The van der Waals surface area contributed by atoms with Crippen LogP contribution in [0, 0.1) is 6.92 Å². The molecule has 2 rings (SSSR count). The van der Waals surface area contributed by atoms with Gasteiger partial charge in [-0.25, -0.2) is 4.79 Å². The monoisotopic (exact) mass is 527 g/mol. The van der Waals surface area contributed by atoms with Gasteiger partial charge < -0.3 is 30.5 Å². The van der Waals surface area contributed by atoms with Gasteiger partial charge in [-0.05, 0) is 78.6 Å². The number of nitrogens with zero attached hydrogens (tertiary/aromatic N) is 1. The Morgan fingerprint density at radius 2 is 1.55 bits per heavy atom. The Morgan fingerprint density at radius 1 is 0.947 bits per heavy atom. The number of phenolic OH excluding ortho intramolecular Hbond substituents is 2. The smallest absolute Gasteiger partial charge is 0.408 e. The zero-order chi connectivity index (χ0) is 28.8. The van der Waals surface area contributed by atoms with E-state index in [0.29, 0.717) is 11.1 Å². The normalized spacial score (nSPS) is 13.1. The van der Waals surface area contributed by atoms with Gasteiger partial charge in [0.15, 0.2) is 0 Å². The van der Waals surface area contributed by atoms with Crippen molar-refractivity contribution >= 4 is 17.9 Å². The third-order valence-electron chi connectivity index (χ3n) is 5.70. The highest BCUT2D eigenvalue weighted by molar-refractivity contribution is 5.93. The van der Waals surface area contributed by atoms with E-state index in [1.54, 1.807) is 71.9 Å². The molecule has 0 aromatic heterocycles. The predicted octanol–water partition coefficient (Wildman–Crippen LogP) is 4.34. The highest BCUT2D eigenvalue weighted by Crippen LogP contribution is 2.33. The molecule has 4 N–H and O–H groups in total. The number of alkyl carbamates (subject to hydrolysis) is 1. The molecule has 2 atom stereocenters. The summed E-state index contributed by atoms with van der Waals surface area (Å²) in [6.45, 7) is 14.0. The maximum atomic E-state index is 14.2. The molecule has 9 heteroatoms. The van der Waals surface area contributed by atoms with Gasteiger partial charge in [0.25, 0.3) is 0 Å². The Morgan fingerprint density at radius 3 is 2.08 bits per heavy atom. The summed E-state index contributed by atoms with van der Waals surface area (Å²) >= 11 is 0. The maximum absolute atomic E-state index is 14.2. The molecular weight excluding hydrogens is 486 g/mol. The molecule has 0 saturated heterocycles. The molecule has 208 valence electrons. The van der Waals surface area contributed by atoms with Gasteiger partial charge in [0.05, 0.1) is 0 Å². The first-order valence-electron chi connectivity index (χ1n) is 12.8. The average Bonchev–Trinajstić information content (AvgIpc) is 2.78. The summed E-state index contributed by atoms with van der Waals surface area (Å²) in [4.78, 5) is 41.9. The van der Waals surface area contributed by atoms with Crippen LogP contribution in [0.5, 0.6) is 11.5 Å². The second-order valence-corrected chi connectivity index (χ2v) is 11.0. The topological polar surface area (TPSA) is 128 Å². The number of hydrogen-bond donors (Lipinski definition) is 4. The third-order valence-corrected chi connectivity index (χ3v) is 5.70. The molecule has 2 unspecified atom stereocenters. The number of rotatable bonds is 9. The van der Waals surface area contributed by atoms with Crippen LogP contribution in [0.1, 0.15) is 71.2 Å². The van der Waals surface area contributed by atoms with Crippen molar-refractivity contribution < 1.29 is 29.3 Å². The van der Waals surface area contributed by atoms with E-state index in [9.17, 15) is 24.6 Å². The molecule has 0 spiro atoms. The minimum absolute atomic E-state index is 0.0703. The third kappa shape index (κ3) is 8.39. The van der Waals surface area contributed by atoms with E-state index in [-0.39, 0.29) is 29.5 Å². The number of para-hydroxylation sites is 1. The summed E-state index contributed by atoms with van der Waals surface area (Å²) in [5.74, 6) is -0.988. The van der Waals surface area contributed by atoms with Crippen LogP contribution in [-0.2, 0) is 20.7 Å². The molecule has 0 aliphatic carbocycles. The lowest BCUT2D eigenvalue weighted by Crippen LogP contribution is -2.56. The Balaban J connectivity index is 2.59. The number of hydrogen-bond acceptors (Lipinski definition) is 6. The highest BCUT2D eigenvalue weighted by atomic mass is 16.6. The van der Waals surface area contributed by atoms with E-state index in [4.69, 9.17) is 4.74 Å². The minimum atomic E-state index is -1.16. The van der Waals surface area contributed by atoms with E-state index in [1.165, 1.54) is 17.0 Å². The molecule has 0 aliphatic heterocycles. The summed E-state index contributed by atoms with van der Waals surface area (Å²) in [5.41, 5.74) is 0.739. The SMILES string of the molecule is Cc1cccc(C(C(=O)NC(C)C)N(C(=O)C(Cc2ccc(O)cc2)NC(=O)OC(C)(C)C)C(C)C)c1O. The zero-order valence-corrected chi connectivity index (χ0v) is 23.5. The van der Waals surface area contributed by atoms with Crippen LogP contribution in [0.15, 0.2) is 42.5 Å². The maximum Gasteiger partial charge on any atom is 0.408 e. The van der Waals surface area contributed by atoms with E-state index in [2.05, 4.69) is 10.6 Å². The quantitative estimate of drug-likeness (QED) is 0.384. The molecule has 2 aromatic carbocycles. The fraction of sp³-hybridized carbons (Fsp3) is 0.483. The first kappa shape index (κ1) is 30.5. The zero-order valence-electron chi connectivity index (χ0n) is 23.5. The number of carbonyl (C=O) groups is 3. The van der Waals surface area contributed by atoms with E-state index >= 15 is 0 Å². The van der Waals surface area contributed by atoms with E-state index < -0.39 is 41.6 Å². The lowest BCUT2D eigenvalue weighted by atomic mass is 9.96. The van der Waals surface area contributed by atoms with Crippen LogP contribution < -0.4 is 10.6 Å². The number of aryl methyl sites for hydroxylation is 1. The van der Waals surface area contributed by atoms with Gasteiger partial charge in [0.1, 0.15) is 29.2 Å². The molecule has 0 bridgehead atoms. The predicted molar refractivity (Wildman–Crippen MR) is 146 cm³/mol. The molecule has 9 nitrogen and oxygen atoms in total. The van der Waals surface area contributed by atoms with Crippen molar-refractivity contribution in [1.29, 1.82) is 0 Å². The van der Waals surface area contributed by atoms with Gasteiger partial charge in [0, 0.05) is 24.1 Å². The van der Waals surface area contributed by atoms with Gasteiger partial charge in [-0.2, -0.15) is 0 Å². The van der Waals surface area contributed by atoms with E-state index in [0.717, 1.165) is 0 Å². The fourth-order valence-electron chi connectivity index (χ4n) is 4.06. The molecule has 38 heavy (non-hydrogen) atoms. The number of ether oxygens (including phenoxy) is 1. The summed E-state index contributed by atoms with van der Waals surface area (Å²) in [6.07, 6.45) is -0.695. The van der Waals surface area contributed by atoms with Gasteiger partial charge in [-0.3, -0.25) is 9.59 Å². The fourth-order valence-corrected chi connectivity index (χ4v) is 4.06. The Bertz CT molecular complexity index is 1120. The Hall–Kier alpha value is -3.75. The molecular formula is C29H41N3O6. The molecule has 0 radical (unpaired) electrons. The number of amides is 3. The number of phenols is 2. The molecule has 2 aromatic rings. The Kier molecular flexibility index (Phi) is 10.2. The minimum Gasteiger partial charge on any atom is -0.508 e. The van der Waals surface area contributed by atoms with Crippen molar-refractivity contribution in [2.24, 2.45) is 0 Å². The lowest BCUT2D eigenvalue weighted by Gasteiger charge is -2.37. The van der Waals surface area contributed by atoms with Gasteiger partial charge >= 0.3 is 6.09 Å². The summed E-state index contributed by atoms with van der Waals surface area (Å²) in [6, 6.07) is 8.40.